The Morgan fingerprint density at radius 1 is 0.933 bits per heavy atom. The topological polar surface area (TPSA) is 75.3 Å². The molecule has 0 aliphatic heterocycles. The minimum Gasteiger partial charge on any atom is -0.322 e. The van der Waals surface area contributed by atoms with E-state index in [-0.39, 0.29) is 23.8 Å². The third kappa shape index (κ3) is 5.75. The highest BCUT2D eigenvalue weighted by atomic mass is 32.2. The van der Waals surface area contributed by atoms with Gasteiger partial charge in [0.15, 0.2) is 0 Å². The fraction of sp³-hybridized carbons (Fsp3) is 0.174. The second kappa shape index (κ2) is 9.19. The van der Waals surface area contributed by atoms with Gasteiger partial charge in [0.2, 0.25) is 10.0 Å². The van der Waals surface area contributed by atoms with E-state index in [1.54, 1.807) is 36.4 Å². The van der Waals surface area contributed by atoms with Crippen molar-refractivity contribution in [3.05, 3.63) is 100 Å². The van der Waals surface area contributed by atoms with Gasteiger partial charge >= 0.3 is 0 Å². The van der Waals surface area contributed by atoms with E-state index >= 15 is 0 Å². The predicted octanol–water partition coefficient (Wildman–Crippen LogP) is 4.31. The molecule has 0 spiro atoms. The maximum Gasteiger partial charge on any atom is 0.255 e. The quantitative estimate of drug-likeness (QED) is 0.591. The van der Waals surface area contributed by atoms with Crippen molar-refractivity contribution in [1.82, 2.24) is 4.72 Å². The number of carbonyl (C=O) groups excluding carboxylic acids is 1. The second-order valence-electron chi connectivity index (χ2n) is 7.13. The summed E-state index contributed by atoms with van der Waals surface area (Å²) in [6.07, 6.45) is 0. The molecular weight excluding hydrogens is 403 g/mol. The highest BCUT2D eigenvalue weighted by Crippen LogP contribution is 2.17. The minimum atomic E-state index is -3.63. The summed E-state index contributed by atoms with van der Waals surface area (Å²) in [5.74, 6) is -1.13. The Bertz CT molecular complexity index is 1160. The monoisotopic (exact) mass is 426 g/mol. The molecule has 2 N–H and O–H groups in total. The predicted molar refractivity (Wildman–Crippen MR) is 116 cm³/mol. The summed E-state index contributed by atoms with van der Waals surface area (Å²) in [5.41, 5.74) is 3.72. The van der Waals surface area contributed by atoms with Crippen LogP contribution in [0.25, 0.3) is 0 Å². The Morgan fingerprint density at radius 3 is 2.33 bits per heavy atom. The molecule has 7 heteroatoms. The lowest BCUT2D eigenvalue weighted by atomic mass is 10.1. The van der Waals surface area contributed by atoms with Gasteiger partial charge in [0.25, 0.3) is 5.91 Å². The van der Waals surface area contributed by atoms with E-state index in [0.717, 1.165) is 11.1 Å². The van der Waals surface area contributed by atoms with Gasteiger partial charge in [-0.2, -0.15) is 0 Å². The third-order valence-corrected chi connectivity index (χ3v) is 6.05. The molecule has 0 aliphatic rings. The van der Waals surface area contributed by atoms with Crippen molar-refractivity contribution in [3.63, 3.8) is 0 Å². The number of hydrogen-bond donors (Lipinski definition) is 2. The molecule has 30 heavy (non-hydrogen) atoms. The van der Waals surface area contributed by atoms with E-state index in [0.29, 0.717) is 16.8 Å². The molecule has 3 aromatic carbocycles. The van der Waals surface area contributed by atoms with Crippen LogP contribution in [-0.4, -0.2) is 14.3 Å². The lowest BCUT2D eigenvalue weighted by molar-refractivity contribution is 0.102. The molecule has 156 valence electrons. The zero-order valence-corrected chi connectivity index (χ0v) is 17.6. The molecule has 3 rings (SSSR count). The van der Waals surface area contributed by atoms with Gasteiger partial charge in [-0.25, -0.2) is 17.5 Å². The Hall–Kier alpha value is -3.03. The lowest BCUT2D eigenvalue weighted by Crippen LogP contribution is -2.25. The van der Waals surface area contributed by atoms with Crippen molar-refractivity contribution in [3.8, 4) is 0 Å². The van der Waals surface area contributed by atoms with Crippen LogP contribution in [0, 0.1) is 19.7 Å². The van der Waals surface area contributed by atoms with Gasteiger partial charge in [-0.1, -0.05) is 42.5 Å². The van der Waals surface area contributed by atoms with E-state index in [1.165, 1.54) is 18.2 Å². The first-order valence-corrected chi connectivity index (χ1v) is 11.1. The van der Waals surface area contributed by atoms with E-state index in [4.69, 9.17) is 0 Å². The van der Waals surface area contributed by atoms with Crippen molar-refractivity contribution in [1.29, 1.82) is 0 Å². The largest absolute Gasteiger partial charge is 0.322 e. The highest BCUT2D eigenvalue weighted by molar-refractivity contribution is 7.88. The van der Waals surface area contributed by atoms with Crippen LogP contribution >= 0.6 is 0 Å². The first-order chi connectivity index (χ1) is 14.2. The minimum absolute atomic E-state index is 0.175. The van der Waals surface area contributed by atoms with E-state index in [2.05, 4.69) is 10.0 Å². The first-order valence-electron chi connectivity index (χ1n) is 9.42. The van der Waals surface area contributed by atoms with E-state index in [1.807, 2.05) is 26.0 Å². The molecule has 1 amide bonds. The number of amides is 1. The highest BCUT2D eigenvalue weighted by Gasteiger charge is 2.14. The molecule has 0 fully saturated rings. The number of sulfonamides is 1. The lowest BCUT2D eigenvalue weighted by Gasteiger charge is -2.11. The van der Waals surface area contributed by atoms with Gasteiger partial charge in [0.05, 0.1) is 5.75 Å². The molecule has 3 aromatic rings. The molecule has 0 radical (unpaired) electrons. The summed E-state index contributed by atoms with van der Waals surface area (Å²) in [6.45, 7) is 3.71. The Labute approximate surface area is 176 Å². The summed E-state index contributed by atoms with van der Waals surface area (Å²) < 4.78 is 41.6. The first kappa shape index (κ1) is 21.7. The maximum atomic E-state index is 14.4. The average Bonchev–Trinajstić information content (AvgIpc) is 2.70. The molecular formula is C23H23FN2O3S. The summed E-state index contributed by atoms with van der Waals surface area (Å²) in [5, 5.41) is 2.62. The fourth-order valence-corrected chi connectivity index (χ4v) is 4.01. The summed E-state index contributed by atoms with van der Waals surface area (Å²) in [4.78, 5) is 12.2. The Morgan fingerprint density at radius 2 is 1.67 bits per heavy atom. The van der Waals surface area contributed by atoms with Gasteiger partial charge in [-0.05, 0) is 54.8 Å². The molecule has 0 aliphatic carbocycles. The summed E-state index contributed by atoms with van der Waals surface area (Å²) in [7, 11) is -3.63. The number of benzene rings is 3. The van der Waals surface area contributed by atoms with Crippen LogP contribution in [0.3, 0.4) is 0 Å². The van der Waals surface area contributed by atoms with Crippen molar-refractivity contribution >= 4 is 21.6 Å². The average molecular weight is 427 g/mol. The van der Waals surface area contributed by atoms with Crippen LogP contribution in [0.1, 0.15) is 32.6 Å². The maximum absolute atomic E-state index is 14.4. The van der Waals surface area contributed by atoms with Gasteiger partial charge in [-0.15, -0.1) is 0 Å². The number of rotatable bonds is 7. The molecule has 0 unspecified atom stereocenters. The molecule has 0 saturated carbocycles. The van der Waals surface area contributed by atoms with Gasteiger partial charge < -0.3 is 5.32 Å². The van der Waals surface area contributed by atoms with Crippen molar-refractivity contribution in [2.75, 3.05) is 5.32 Å². The normalized spacial score (nSPS) is 11.3. The second-order valence-corrected chi connectivity index (χ2v) is 8.93. The van der Waals surface area contributed by atoms with Gasteiger partial charge in [0.1, 0.15) is 5.82 Å². The van der Waals surface area contributed by atoms with Crippen LogP contribution in [0.4, 0.5) is 10.1 Å². The zero-order valence-electron chi connectivity index (χ0n) is 16.8. The fourth-order valence-electron chi connectivity index (χ4n) is 2.91. The Balaban J connectivity index is 1.62. The third-order valence-electron chi connectivity index (χ3n) is 4.76. The van der Waals surface area contributed by atoms with Gasteiger partial charge in [0, 0.05) is 23.4 Å². The molecule has 0 aromatic heterocycles. The van der Waals surface area contributed by atoms with Crippen LogP contribution in [0.2, 0.25) is 0 Å². The van der Waals surface area contributed by atoms with E-state index < -0.39 is 15.8 Å². The molecule has 0 atom stereocenters. The number of anilines is 1. The standard InChI is InChI=1S/C23H23FN2O3S/c1-16-8-9-18(12-17(16)2)15-30(28,29)25-14-20-10-11-21(13-22(20)24)26-23(27)19-6-4-3-5-7-19/h3-13,25H,14-15H2,1-2H3,(H,26,27). The summed E-state index contributed by atoms with van der Waals surface area (Å²) >= 11 is 0. The number of carbonyl (C=O) groups is 1. The van der Waals surface area contributed by atoms with Crippen molar-refractivity contribution in [2.45, 2.75) is 26.1 Å². The van der Waals surface area contributed by atoms with Crippen LogP contribution < -0.4 is 10.0 Å². The van der Waals surface area contributed by atoms with E-state index in [9.17, 15) is 17.6 Å². The zero-order chi connectivity index (χ0) is 21.7. The summed E-state index contributed by atoms with van der Waals surface area (Å²) in [6, 6.07) is 18.2. The van der Waals surface area contributed by atoms with Crippen molar-refractivity contribution < 1.29 is 17.6 Å². The SMILES string of the molecule is Cc1ccc(CS(=O)(=O)NCc2ccc(NC(=O)c3ccccc3)cc2F)cc1C. The van der Waals surface area contributed by atoms with Crippen molar-refractivity contribution in [2.24, 2.45) is 0 Å². The molecule has 5 nitrogen and oxygen atoms in total. The van der Waals surface area contributed by atoms with Crippen LogP contribution in [0.15, 0.2) is 66.7 Å². The van der Waals surface area contributed by atoms with Crippen LogP contribution in [-0.2, 0) is 22.3 Å². The smallest absolute Gasteiger partial charge is 0.255 e. The molecule has 0 bridgehead atoms. The van der Waals surface area contributed by atoms with Crippen LogP contribution in [0.5, 0.6) is 0 Å². The molecule has 0 heterocycles. The number of nitrogens with one attached hydrogen (secondary N) is 2. The number of hydrogen-bond acceptors (Lipinski definition) is 3. The number of aryl methyl sites for hydroxylation is 2. The number of halogens is 1. The molecule has 0 saturated heterocycles. The Kier molecular flexibility index (Phi) is 6.64. The van der Waals surface area contributed by atoms with Gasteiger partial charge in [-0.3, -0.25) is 4.79 Å².